The van der Waals surface area contributed by atoms with E-state index in [1.807, 2.05) is 12.1 Å². The highest BCUT2D eigenvalue weighted by Gasteiger charge is 2.28. The van der Waals surface area contributed by atoms with Crippen LogP contribution in [0.3, 0.4) is 0 Å². The van der Waals surface area contributed by atoms with Crippen LogP contribution in [0.15, 0.2) is 24.3 Å². The number of esters is 1. The number of ether oxygens (including phenoxy) is 1. The summed E-state index contributed by atoms with van der Waals surface area (Å²) in [5, 5.41) is 3.62. The third-order valence-electron chi connectivity index (χ3n) is 4.17. The van der Waals surface area contributed by atoms with E-state index in [4.69, 9.17) is 4.74 Å². The van der Waals surface area contributed by atoms with Crippen molar-refractivity contribution in [2.24, 2.45) is 0 Å². The van der Waals surface area contributed by atoms with Gasteiger partial charge in [-0.1, -0.05) is 31.2 Å². The molecule has 0 radical (unpaired) electrons. The number of rotatable bonds is 6. The minimum atomic E-state index is -0.804. The largest absolute Gasteiger partial charge is 0.448 e. The van der Waals surface area contributed by atoms with Crippen LogP contribution < -0.4 is 5.32 Å². The SMILES string of the molecule is CCc1ccc(-c2nc(C)c(C(=O)O[C@H](C)C(=O)NC3CC3)s2)cc1. The summed E-state index contributed by atoms with van der Waals surface area (Å²) in [4.78, 5) is 29.3. The molecule has 1 aromatic heterocycles. The molecule has 1 atom stereocenters. The molecule has 6 heteroatoms. The summed E-state index contributed by atoms with van der Waals surface area (Å²) in [6.45, 7) is 5.49. The molecule has 3 rings (SSSR count). The third kappa shape index (κ3) is 4.25. The van der Waals surface area contributed by atoms with Crippen molar-refractivity contribution in [1.82, 2.24) is 10.3 Å². The van der Waals surface area contributed by atoms with Crippen LogP contribution in [0.1, 0.15) is 47.6 Å². The average molecular weight is 358 g/mol. The van der Waals surface area contributed by atoms with E-state index >= 15 is 0 Å². The minimum Gasteiger partial charge on any atom is -0.448 e. The normalized spacial score (nSPS) is 14.8. The fourth-order valence-corrected chi connectivity index (χ4v) is 3.36. The number of aryl methyl sites for hydroxylation is 2. The standard InChI is InChI=1S/C19H22N2O3S/c1-4-13-5-7-14(8-6-13)18-20-11(2)16(25-18)19(23)24-12(3)17(22)21-15-9-10-15/h5-8,12,15H,4,9-10H2,1-3H3,(H,21,22)/t12-/m1/s1. The number of carbonyl (C=O) groups excluding carboxylic acids is 2. The average Bonchev–Trinajstić information content (AvgIpc) is 3.33. The molecule has 1 aliphatic carbocycles. The summed E-state index contributed by atoms with van der Waals surface area (Å²) in [5.74, 6) is -0.738. The second-order valence-corrected chi connectivity index (χ2v) is 7.31. The first-order valence-electron chi connectivity index (χ1n) is 8.56. The molecular weight excluding hydrogens is 336 g/mol. The number of nitrogens with zero attached hydrogens (tertiary/aromatic N) is 1. The Balaban J connectivity index is 1.70. The number of carbonyl (C=O) groups is 2. The Kier molecular flexibility index (Phi) is 5.18. The summed E-state index contributed by atoms with van der Waals surface area (Å²) < 4.78 is 5.31. The van der Waals surface area contributed by atoms with Crippen molar-refractivity contribution in [2.75, 3.05) is 0 Å². The monoisotopic (exact) mass is 358 g/mol. The lowest BCUT2D eigenvalue weighted by atomic mass is 10.1. The van der Waals surface area contributed by atoms with Gasteiger partial charge >= 0.3 is 5.97 Å². The number of amides is 1. The van der Waals surface area contributed by atoms with E-state index in [1.54, 1.807) is 13.8 Å². The van der Waals surface area contributed by atoms with Gasteiger partial charge in [-0.3, -0.25) is 4.79 Å². The predicted octanol–water partition coefficient (Wildman–Crippen LogP) is 3.50. The summed E-state index contributed by atoms with van der Waals surface area (Å²) in [6, 6.07) is 8.40. The first-order chi connectivity index (χ1) is 12.0. The topological polar surface area (TPSA) is 68.3 Å². The van der Waals surface area contributed by atoms with Crippen molar-refractivity contribution < 1.29 is 14.3 Å². The van der Waals surface area contributed by atoms with Gasteiger partial charge in [0.1, 0.15) is 9.88 Å². The molecule has 25 heavy (non-hydrogen) atoms. The Morgan fingerprint density at radius 2 is 2.00 bits per heavy atom. The molecular formula is C19H22N2O3S. The van der Waals surface area contributed by atoms with Gasteiger partial charge in [0, 0.05) is 11.6 Å². The smallest absolute Gasteiger partial charge is 0.351 e. The highest BCUT2D eigenvalue weighted by molar-refractivity contribution is 7.17. The van der Waals surface area contributed by atoms with E-state index in [2.05, 4.69) is 29.4 Å². The fourth-order valence-electron chi connectivity index (χ4n) is 2.41. The second kappa shape index (κ2) is 7.35. The molecule has 0 spiro atoms. The molecule has 1 saturated carbocycles. The molecule has 1 aliphatic rings. The van der Waals surface area contributed by atoms with Crippen LogP contribution >= 0.6 is 11.3 Å². The zero-order valence-electron chi connectivity index (χ0n) is 14.7. The molecule has 0 saturated heterocycles. The molecule has 1 aromatic carbocycles. The summed E-state index contributed by atoms with van der Waals surface area (Å²) >= 11 is 1.30. The molecule has 5 nitrogen and oxygen atoms in total. The first-order valence-corrected chi connectivity index (χ1v) is 9.37. The first kappa shape index (κ1) is 17.6. The molecule has 2 aromatic rings. The van der Waals surface area contributed by atoms with E-state index < -0.39 is 12.1 Å². The molecule has 0 bridgehead atoms. The van der Waals surface area contributed by atoms with E-state index in [9.17, 15) is 9.59 Å². The van der Waals surface area contributed by atoms with Crippen LogP contribution in [-0.2, 0) is 16.0 Å². The van der Waals surface area contributed by atoms with Crippen molar-refractivity contribution in [3.8, 4) is 10.6 Å². The summed E-state index contributed by atoms with van der Waals surface area (Å²) in [5.41, 5.74) is 2.86. The number of hydrogen-bond donors (Lipinski definition) is 1. The van der Waals surface area contributed by atoms with E-state index in [-0.39, 0.29) is 11.9 Å². The Bertz CT molecular complexity index is 778. The van der Waals surface area contributed by atoms with Crippen molar-refractivity contribution in [3.05, 3.63) is 40.4 Å². The lowest BCUT2D eigenvalue weighted by Crippen LogP contribution is -2.37. The molecule has 1 N–H and O–H groups in total. The maximum Gasteiger partial charge on any atom is 0.351 e. The Hall–Kier alpha value is -2.21. The lowest BCUT2D eigenvalue weighted by molar-refractivity contribution is -0.129. The van der Waals surface area contributed by atoms with E-state index in [1.165, 1.54) is 16.9 Å². The van der Waals surface area contributed by atoms with Crippen molar-refractivity contribution >= 4 is 23.2 Å². The van der Waals surface area contributed by atoms with E-state index in [0.717, 1.165) is 29.8 Å². The van der Waals surface area contributed by atoms with Gasteiger partial charge in [0.05, 0.1) is 5.69 Å². The number of benzene rings is 1. The fraction of sp³-hybridized carbons (Fsp3) is 0.421. The van der Waals surface area contributed by atoms with Gasteiger partial charge in [-0.05, 0) is 38.7 Å². The van der Waals surface area contributed by atoms with Gasteiger partial charge in [-0.25, -0.2) is 9.78 Å². The molecule has 132 valence electrons. The third-order valence-corrected chi connectivity index (χ3v) is 5.35. The van der Waals surface area contributed by atoms with Crippen molar-refractivity contribution in [2.45, 2.75) is 52.2 Å². The molecule has 1 fully saturated rings. The van der Waals surface area contributed by atoms with Gasteiger partial charge in [0.2, 0.25) is 0 Å². The van der Waals surface area contributed by atoms with Gasteiger partial charge in [-0.2, -0.15) is 0 Å². The predicted molar refractivity (Wildman–Crippen MR) is 97.7 cm³/mol. The maximum atomic E-state index is 12.4. The molecule has 1 amide bonds. The van der Waals surface area contributed by atoms with Crippen molar-refractivity contribution in [3.63, 3.8) is 0 Å². The highest BCUT2D eigenvalue weighted by atomic mass is 32.1. The molecule has 1 heterocycles. The Morgan fingerprint density at radius 1 is 1.32 bits per heavy atom. The second-order valence-electron chi connectivity index (χ2n) is 6.31. The van der Waals surface area contributed by atoms with Crippen LogP contribution in [0.5, 0.6) is 0 Å². The summed E-state index contributed by atoms with van der Waals surface area (Å²) in [7, 11) is 0. The lowest BCUT2D eigenvalue weighted by Gasteiger charge is -2.12. The quantitative estimate of drug-likeness (QED) is 0.803. The maximum absolute atomic E-state index is 12.4. The van der Waals surface area contributed by atoms with Crippen LogP contribution in [0, 0.1) is 6.92 Å². The zero-order chi connectivity index (χ0) is 18.0. The van der Waals surface area contributed by atoms with Crippen molar-refractivity contribution in [1.29, 1.82) is 0 Å². The van der Waals surface area contributed by atoms with Gasteiger partial charge < -0.3 is 10.1 Å². The number of thiazole rings is 1. The number of aromatic nitrogens is 1. The molecule has 0 aliphatic heterocycles. The van der Waals surface area contributed by atoms with Crippen LogP contribution in [0.4, 0.5) is 0 Å². The zero-order valence-corrected chi connectivity index (χ0v) is 15.5. The highest BCUT2D eigenvalue weighted by Crippen LogP contribution is 2.29. The minimum absolute atomic E-state index is 0.242. The van der Waals surface area contributed by atoms with Gasteiger partial charge in [0.15, 0.2) is 6.10 Å². The van der Waals surface area contributed by atoms with Gasteiger partial charge in [0.25, 0.3) is 5.91 Å². The van der Waals surface area contributed by atoms with Gasteiger partial charge in [-0.15, -0.1) is 11.3 Å². The van der Waals surface area contributed by atoms with Crippen LogP contribution in [0.25, 0.3) is 10.6 Å². The van der Waals surface area contributed by atoms with E-state index in [0.29, 0.717) is 10.6 Å². The molecule has 0 unspecified atom stereocenters. The number of nitrogens with one attached hydrogen (secondary N) is 1. The van der Waals surface area contributed by atoms with Crippen LogP contribution in [-0.4, -0.2) is 29.0 Å². The number of hydrogen-bond acceptors (Lipinski definition) is 5. The van der Waals surface area contributed by atoms with Crippen LogP contribution in [0.2, 0.25) is 0 Å². The Labute approximate surface area is 151 Å². The Morgan fingerprint density at radius 3 is 2.60 bits per heavy atom. The summed E-state index contributed by atoms with van der Waals surface area (Å²) in [6.07, 6.45) is 2.18.